The summed E-state index contributed by atoms with van der Waals surface area (Å²) in [6.45, 7) is 3.24. The summed E-state index contributed by atoms with van der Waals surface area (Å²) in [5.41, 5.74) is 6.53. The van der Waals surface area contributed by atoms with Gasteiger partial charge in [0.15, 0.2) is 5.82 Å². The van der Waals surface area contributed by atoms with E-state index in [0.717, 1.165) is 34.1 Å². The molecule has 0 radical (unpaired) electrons. The molecular formula is C14H17N5OS. The van der Waals surface area contributed by atoms with Crippen molar-refractivity contribution < 1.29 is 4.74 Å². The average Bonchev–Trinajstić information content (AvgIpc) is 3.08. The topological polar surface area (TPSA) is 78.3 Å². The first-order valence-electron chi connectivity index (χ1n) is 6.97. The second-order valence-electron chi connectivity index (χ2n) is 4.62. The molecular weight excluding hydrogens is 286 g/mol. The number of rotatable bonds is 6. The molecule has 1 aromatic carbocycles. The standard InChI is InChI=1S/C14H17N5OS/c1-2-3-8-20-11-7-5-4-6-10(11)13-16-17-14-19(13)18-12(9-15)21-14/h4-7H,2-3,8-9,15H2,1H3. The van der Waals surface area contributed by atoms with Crippen LogP contribution in [0.25, 0.3) is 16.3 Å². The first-order chi connectivity index (χ1) is 10.3. The molecule has 110 valence electrons. The number of unbranched alkanes of at least 4 members (excludes halogenated alkanes) is 1. The van der Waals surface area contributed by atoms with Gasteiger partial charge in [-0.25, -0.2) is 0 Å². The van der Waals surface area contributed by atoms with Gasteiger partial charge in [0.05, 0.1) is 12.2 Å². The number of aromatic nitrogens is 4. The molecule has 0 spiro atoms. The molecule has 2 aromatic heterocycles. The van der Waals surface area contributed by atoms with Crippen LogP contribution < -0.4 is 10.5 Å². The zero-order valence-corrected chi connectivity index (χ0v) is 12.6. The van der Waals surface area contributed by atoms with Gasteiger partial charge in [-0.15, -0.1) is 10.2 Å². The lowest BCUT2D eigenvalue weighted by Crippen LogP contribution is -2.01. The number of para-hydroxylation sites is 1. The fourth-order valence-corrected chi connectivity index (χ4v) is 2.72. The number of hydrogen-bond donors (Lipinski definition) is 1. The zero-order chi connectivity index (χ0) is 14.7. The maximum Gasteiger partial charge on any atom is 0.235 e. The summed E-state index contributed by atoms with van der Waals surface area (Å²) in [6.07, 6.45) is 2.13. The Bertz CT molecular complexity index is 736. The summed E-state index contributed by atoms with van der Waals surface area (Å²) >= 11 is 1.45. The van der Waals surface area contributed by atoms with E-state index in [1.54, 1.807) is 4.52 Å². The number of fused-ring (bicyclic) bond motifs is 1. The summed E-state index contributed by atoms with van der Waals surface area (Å²) < 4.78 is 7.58. The molecule has 2 heterocycles. The summed E-state index contributed by atoms with van der Waals surface area (Å²) in [5.74, 6) is 1.50. The predicted molar refractivity (Wildman–Crippen MR) is 82.4 cm³/mol. The Morgan fingerprint density at radius 2 is 2.14 bits per heavy atom. The van der Waals surface area contributed by atoms with E-state index in [1.165, 1.54) is 11.3 Å². The lowest BCUT2D eigenvalue weighted by atomic mass is 10.2. The lowest BCUT2D eigenvalue weighted by Gasteiger charge is -2.09. The number of hydrogen-bond acceptors (Lipinski definition) is 6. The monoisotopic (exact) mass is 303 g/mol. The predicted octanol–water partition coefficient (Wildman–Crippen LogP) is 2.49. The third-order valence-electron chi connectivity index (χ3n) is 3.09. The zero-order valence-electron chi connectivity index (χ0n) is 11.8. The smallest absolute Gasteiger partial charge is 0.235 e. The molecule has 0 aliphatic heterocycles. The molecule has 0 fully saturated rings. The van der Waals surface area contributed by atoms with Gasteiger partial charge in [0.25, 0.3) is 0 Å². The van der Waals surface area contributed by atoms with Crippen LogP contribution in [0.2, 0.25) is 0 Å². The van der Waals surface area contributed by atoms with Gasteiger partial charge < -0.3 is 10.5 Å². The van der Waals surface area contributed by atoms with Gasteiger partial charge in [-0.3, -0.25) is 0 Å². The maximum atomic E-state index is 5.85. The van der Waals surface area contributed by atoms with E-state index in [9.17, 15) is 0 Å². The van der Waals surface area contributed by atoms with Gasteiger partial charge in [0.1, 0.15) is 10.8 Å². The third kappa shape index (κ3) is 2.74. The van der Waals surface area contributed by atoms with Crippen molar-refractivity contribution in [3.8, 4) is 17.1 Å². The molecule has 0 saturated carbocycles. The van der Waals surface area contributed by atoms with Crippen molar-refractivity contribution in [3.05, 3.63) is 29.3 Å². The van der Waals surface area contributed by atoms with Crippen molar-refractivity contribution in [2.24, 2.45) is 5.73 Å². The minimum Gasteiger partial charge on any atom is -0.493 e. The summed E-state index contributed by atoms with van der Waals surface area (Å²) in [6, 6.07) is 7.83. The van der Waals surface area contributed by atoms with Crippen molar-refractivity contribution in [1.29, 1.82) is 0 Å². The van der Waals surface area contributed by atoms with E-state index >= 15 is 0 Å². The highest BCUT2D eigenvalue weighted by molar-refractivity contribution is 7.16. The largest absolute Gasteiger partial charge is 0.493 e. The van der Waals surface area contributed by atoms with Crippen LogP contribution in [0.1, 0.15) is 24.8 Å². The van der Waals surface area contributed by atoms with Crippen molar-refractivity contribution in [3.63, 3.8) is 0 Å². The highest BCUT2D eigenvalue weighted by Crippen LogP contribution is 2.29. The minimum atomic E-state index is 0.405. The molecule has 2 N–H and O–H groups in total. The van der Waals surface area contributed by atoms with Gasteiger partial charge in [-0.1, -0.05) is 36.8 Å². The molecule has 0 atom stereocenters. The Balaban J connectivity index is 1.99. The average molecular weight is 303 g/mol. The van der Waals surface area contributed by atoms with Crippen LogP contribution in [0, 0.1) is 0 Å². The molecule has 3 rings (SSSR count). The maximum absolute atomic E-state index is 5.85. The molecule has 3 aromatic rings. The summed E-state index contributed by atoms with van der Waals surface area (Å²) in [5, 5.41) is 13.7. The van der Waals surface area contributed by atoms with Crippen molar-refractivity contribution in [2.75, 3.05) is 6.61 Å². The Morgan fingerprint density at radius 1 is 1.29 bits per heavy atom. The van der Waals surface area contributed by atoms with Gasteiger partial charge in [-0.2, -0.15) is 9.61 Å². The quantitative estimate of drug-likeness (QED) is 0.708. The molecule has 0 amide bonds. The normalized spacial score (nSPS) is 11.1. The molecule has 21 heavy (non-hydrogen) atoms. The summed E-state index contributed by atoms with van der Waals surface area (Å²) in [7, 11) is 0. The second kappa shape index (κ2) is 6.19. The van der Waals surface area contributed by atoms with E-state index in [2.05, 4.69) is 22.2 Å². The van der Waals surface area contributed by atoms with Gasteiger partial charge >= 0.3 is 0 Å². The Labute approximate surface area is 126 Å². The van der Waals surface area contributed by atoms with Crippen LogP contribution in [0.3, 0.4) is 0 Å². The van der Waals surface area contributed by atoms with E-state index in [1.807, 2.05) is 24.3 Å². The van der Waals surface area contributed by atoms with E-state index < -0.39 is 0 Å². The highest BCUT2D eigenvalue weighted by Gasteiger charge is 2.16. The van der Waals surface area contributed by atoms with Crippen molar-refractivity contribution >= 4 is 16.3 Å². The van der Waals surface area contributed by atoms with Gasteiger partial charge in [0, 0.05) is 6.54 Å². The first-order valence-corrected chi connectivity index (χ1v) is 7.78. The number of nitrogens with zero attached hydrogens (tertiary/aromatic N) is 4. The number of ether oxygens (including phenoxy) is 1. The molecule has 0 bridgehead atoms. The summed E-state index contributed by atoms with van der Waals surface area (Å²) in [4.78, 5) is 0.744. The second-order valence-corrected chi connectivity index (χ2v) is 5.66. The van der Waals surface area contributed by atoms with Crippen LogP contribution >= 0.6 is 11.3 Å². The molecule has 0 saturated heterocycles. The fourth-order valence-electron chi connectivity index (χ4n) is 2.01. The Hall–Kier alpha value is -1.99. The molecule has 6 nitrogen and oxygen atoms in total. The van der Waals surface area contributed by atoms with E-state index in [0.29, 0.717) is 19.0 Å². The van der Waals surface area contributed by atoms with Crippen LogP contribution in [0.4, 0.5) is 0 Å². The first kappa shape index (κ1) is 14.0. The van der Waals surface area contributed by atoms with Crippen LogP contribution in [-0.4, -0.2) is 26.4 Å². The Morgan fingerprint density at radius 3 is 2.95 bits per heavy atom. The highest BCUT2D eigenvalue weighted by atomic mass is 32.1. The van der Waals surface area contributed by atoms with Gasteiger partial charge in [0.2, 0.25) is 4.96 Å². The van der Waals surface area contributed by atoms with E-state index in [-0.39, 0.29) is 0 Å². The Kier molecular flexibility index (Phi) is 4.12. The fraction of sp³-hybridized carbons (Fsp3) is 0.357. The van der Waals surface area contributed by atoms with Crippen molar-refractivity contribution in [1.82, 2.24) is 19.8 Å². The molecule has 7 heteroatoms. The minimum absolute atomic E-state index is 0.405. The van der Waals surface area contributed by atoms with Crippen molar-refractivity contribution in [2.45, 2.75) is 26.3 Å². The SMILES string of the molecule is CCCCOc1ccccc1-c1nnc2sc(CN)nn12. The van der Waals surface area contributed by atoms with Gasteiger partial charge in [-0.05, 0) is 18.6 Å². The molecule has 0 unspecified atom stereocenters. The van der Waals surface area contributed by atoms with Crippen LogP contribution in [0.5, 0.6) is 5.75 Å². The molecule has 0 aliphatic carbocycles. The van der Waals surface area contributed by atoms with E-state index in [4.69, 9.17) is 10.5 Å². The lowest BCUT2D eigenvalue weighted by molar-refractivity contribution is 0.310. The molecule has 0 aliphatic rings. The van der Waals surface area contributed by atoms with Crippen LogP contribution in [-0.2, 0) is 6.54 Å². The third-order valence-corrected chi connectivity index (χ3v) is 4.01. The number of nitrogens with two attached hydrogens (primary N) is 1. The van der Waals surface area contributed by atoms with Crippen LogP contribution in [0.15, 0.2) is 24.3 Å². The number of benzene rings is 1.